The van der Waals surface area contributed by atoms with E-state index in [1.54, 1.807) is 16.2 Å². The van der Waals surface area contributed by atoms with Crippen LogP contribution in [-0.4, -0.2) is 95.0 Å². The van der Waals surface area contributed by atoms with Crippen molar-refractivity contribution in [2.24, 2.45) is 0 Å². The van der Waals surface area contributed by atoms with E-state index in [1.807, 2.05) is 40.3 Å². The minimum Gasteiger partial charge on any atom is -0.397 e. The summed E-state index contributed by atoms with van der Waals surface area (Å²) in [4.78, 5) is 49.9. The molecule has 0 aliphatic carbocycles. The van der Waals surface area contributed by atoms with Crippen molar-refractivity contribution < 1.29 is 14.4 Å². The Morgan fingerprint density at radius 1 is 1.02 bits per heavy atom. The molecule has 5 amide bonds. The third-order valence-electron chi connectivity index (χ3n) is 10.1. The van der Waals surface area contributed by atoms with Crippen LogP contribution < -0.4 is 16.4 Å². The molecule has 4 aliphatic heterocycles. The van der Waals surface area contributed by atoms with Crippen LogP contribution in [0.4, 0.5) is 21.0 Å². The van der Waals surface area contributed by atoms with E-state index in [9.17, 15) is 14.4 Å². The SMILES string of the molecule is CCc1cc(C[C@@H](NC(=O)N2CCC(N3Cc4sccc4NC3=O)CC2)C(=O)N2CCC(N3CCCCC3)CC2)cc(Cl)c1N. The summed E-state index contributed by atoms with van der Waals surface area (Å²) in [6.07, 6.45) is 8.21. The number of halogens is 1. The van der Waals surface area contributed by atoms with Gasteiger partial charge in [-0.3, -0.25) is 4.79 Å². The molecular formula is C33H46ClN7O3S. The lowest BCUT2D eigenvalue weighted by molar-refractivity contribution is -0.134. The molecule has 1 aromatic heterocycles. The van der Waals surface area contributed by atoms with Crippen molar-refractivity contribution in [3.63, 3.8) is 0 Å². The van der Waals surface area contributed by atoms with Crippen LogP contribution in [-0.2, 0) is 24.2 Å². The largest absolute Gasteiger partial charge is 0.397 e. The average molecular weight is 656 g/mol. The number of likely N-dealkylation sites (tertiary alicyclic amines) is 3. The molecule has 0 spiro atoms. The molecule has 0 saturated carbocycles. The number of thiophene rings is 1. The van der Waals surface area contributed by atoms with E-state index < -0.39 is 6.04 Å². The van der Waals surface area contributed by atoms with Gasteiger partial charge in [0.15, 0.2) is 0 Å². The third kappa shape index (κ3) is 7.20. The highest BCUT2D eigenvalue weighted by Crippen LogP contribution is 2.32. The molecule has 5 heterocycles. The van der Waals surface area contributed by atoms with Crippen LogP contribution in [0.1, 0.15) is 67.9 Å². The first-order chi connectivity index (χ1) is 21.8. The topological polar surface area (TPSA) is 114 Å². The maximum absolute atomic E-state index is 14.1. The molecule has 10 nitrogen and oxygen atoms in total. The highest BCUT2D eigenvalue weighted by atomic mass is 35.5. The van der Waals surface area contributed by atoms with Crippen molar-refractivity contribution in [3.05, 3.63) is 44.6 Å². The minimum atomic E-state index is -0.712. The summed E-state index contributed by atoms with van der Waals surface area (Å²) in [6, 6.07) is 5.33. The molecule has 4 aliphatic rings. The number of anilines is 2. The molecule has 244 valence electrons. The van der Waals surface area contributed by atoms with Gasteiger partial charge >= 0.3 is 12.1 Å². The van der Waals surface area contributed by atoms with Gasteiger partial charge in [0.25, 0.3) is 0 Å². The molecule has 1 atom stereocenters. The van der Waals surface area contributed by atoms with Crippen LogP contribution in [0, 0.1) is 0 Å². The van der Waals surface area contributed by atoms with Crippen molar-refractivity contribution in [3.8, 4) is 0 Å². The summed E-state index contributed by atoms with van der Waals surface area (Å²) in [5.74, 6) is -0.0435. The Kier molecular flexibility index (Phi) is 10.1. The van der Waals surface area contributed by atoms with E-state index in [-0.39, 0.29) is 24.0 Å². The van der Waals surface area contributed by atoms with Gasteiger partial charge < -0.3 is 36.0 Å². The van der Waals surface area contributed by atoms with Crippen LogP contribution in [0.15, 0.2) is 23.6 Å². The number of aryl methyl sites for hydroxylation is 1. The number of carbonyl (C=O) groups excluding carboxylic acids is 3. The van der Waals surface area contributed by atoms with Gasteiger partial charge in [-0.1, -0.05) is 31.0 Å². The number of rotatable bonds is 7. The van der Waals surface area contributed by atoms with E-state index in [0.29, 0.717) is 68.7 Å². The van der Waals surface area contributed by atoms with Crippen molar-refractivity contribution in [2.75, 3.05) is 50.3 Å². The van der Waals surface area contributed by atoms with Gasteiger partial charge in [0.05, 0.1) is 22.9 Å². The fourth-order valence-electron chi connectivity index (χ4n) is 7.44. The molecule has 6 rings (SSSR count). The van der Waals surface area contributed by atoms with E-state index >= 15 is 0 Å². The Bertz CT molecular complexity index is 1380. The van der Waals surface area contributed by atoms with Gasteiger partial charge in [0, 0.05) is 49.6 Å². The van der Waals surface area contributed by atoms with Gasteiger partial charge in [-0.25, -0.2) is 9.59 Å². The molecule has 3 fully saturated rings. The van der Waals surface area contributed by atoms with Crippen molar-refractivity contribution in [1.29, 1.82) is 0 Å². The van der Waals surface area contributed by atoms with Crippen LogP contribution in [0.25, 0.3) is 0 Å². The summed E-state index contributed by atoms with van der Waals surface area (Å²) in [6.45, 7) is 7.38. The number of benzene rings is 1. The first kappa shape index (κ1) is 31.9. The highest BCUT2D eigenvalue weighted by Gasteiger charge is 2.36. The summed E-state index contributed by atoms with van der Waals surface area (Å²) in [5.41, 5.74) is 9.49. The number of piperidine rings is 3. The first-order valence-corrected chi connectivity index (χ1v) is 17.9. The Hall–Kier alpha value is -3.02. The maximum atomic E-state index is 14.1. The van der Waals surface area contributed by atoms with Gasteiger partial charge in [0.2, 0.25) is 5.91 Å². The van der Waals surface area contributed by atoms with E-state index in [1.165, 1.54) is 19.3 Å². The fraction of sp³-hybridized carbons (Fsp3) is 0.606. The molecule has 0 unspecified atom stereocenters. The quantitative estimate of drug-likeness (QED) is 0.357. The number of carbonyl (C=O) groups is 3. The summed E-state index contributed by atoms with van der Waals surface area (Å²) < 4.78 is 0. The fourth-order valence-corrected chi connectivity index (χ4v) is 8.53. The second kappa shape index (κ2) is 14.2. The predicted molar refractivity (Wildman–Crippen MR) is 180 cm³/mol. The van der Waals surface area contributed by atoms with Crippen LogP contribution in [0.3, 0.4) is 0 Å². The van der Waals surface area contributed by atoms with Gasteiger partial charge in [-0.05, 0) is 86.7 Å². The number of nitrogens with one attached hydrogen (secondary N) is 2. The lowest BCUT2D eigenvalue weighted by Gasteiger charge is -2.41. The Labute approximate surface area is 275 Å². The number of nitrogens with two attached hydrogens (primary N) is 1. The normalized spacial score (nSPS) is 20.9. The lowest BCUT2D eigenvalue weighted by atomic mass is 9.97. The van der Waals surface area contributed by atoms with Crippen molar-refractivity contribution in [1.82, 2.24) is 24.9 Å². The zero-order valence-corrected chi connectivity index (χ0v) is 27.8. The highest BCUT2D eigenvalue weighted by molar-refractivity contribution is 7.10. The molecule has 12 heteroatoms. The van der Waals surface area contributed by atoms with E-state index in [4.69, 9.17) is 17.3 Å². The lowest BCUT2D eigenvalue weighted by Crippen LogP contribution is -2.57. The van der Waals surface area contributed by atoms with E-state index in [0.717, 1.165) is 54.0 Å². The van der Waals surface area contributed by atoms with Crippen LogP contribution in [0.5, 0.6) is 0 Å². The Balaban J connectivity index is 1.10. The second-order valence-electron chi connectivity index (χ2n) is 12.9. The molecule has 3 saturated heterocycles. The number of fused-ring (bicyclic) bond motifs is 1. The van der Waals surface area contributed by atoms with Gasteiger partial charge in [-0.15, -0.1) is 11.3 Å². The number of hydrogen-bond acceptors (Lipinski definition) is 6. The smallest absolute Gasteiger partial charge is 0.322 e. The van der Waals surface area contributed by atoms with Gasteiger partial charge in [-0.2, -0.15) is 0 Å². The third-order valence-corrected chi connectivity index (χ3v) is 11.3. The minimum absolute atomic E-state index is 0.0435. The summed E-state index contributed by atoms with van der Waals surface area (Å²) in [5, 5.41) is 8.58. The zero-order valence-electron chi connectivity index (χ0n) is 26.2. The number of nitrogen functional groups attached to an aromatic ring is 1. The molecule has 0 radical (unpaired) electrons. The molecule has 2 aromatic rings. The zero-order chi connectivity index (χ0) is 31.5. The standard InChI is InChI=1S/C33H46ClN7O3S/c1-2-23-18-22(19-26(34)30(23)35)20-28(31(42)39-13-6-24(7-14-39)38-11-4-3-5-12-38)37-32(43)40-15-8-25(9-16-40)41-21-29-27(10-17-45-29)36-33(41)44/h10,17-19,24-25,28H,2-9,11-16,20-21,35H2,1H3,(H,36,44)(H,37,43)/t28-/m1/s1. The summed E-state index contributed by atoms with van der Waals surface area (Å²) in [7, 11) is 0. The molecule has 45 heavy (non-hydrogen) atoms. The van der Waals surface area contributed by atoms with Crippen molar-refractivity contribution >= 4 is 52.3 Å². The molecule has 1 aromatic carbocycles. The number of urea groups is 2. The Morgan fingerprint density at radius 2 is 1.71 bits per heavy atom. The van der Waals surface area contributed by atoms with Crippen LogP contribution in [0.2, 0.25) is 5.02 Å². The average Bonchev–Trinajstić information content (AvgIpc) is 3.53. The number of hydrogen-bond donors (Lipinski definition) is 3. The first-order valence-electron chi connectivity index (χ1n) is 16.6. The van der Waals surface area contributed by atoms with Gasteiger partial charge in [0.1, 0.15) is 6.04 Å². The Morgan fingerprint density at radius 3 is 2.42 bits per heavy atom. The molecular weight excluding hydrogens is 610 g/mol. The van der Waals surface area contributed by atoms with E-state index in [2.05, 4.69) is 15.5 Å². The maximum Gasteiger partial charge on any atom is 0.322 e. The molecule has 0 bridgehead atoms. The number of nitrogens with zero attached hydrogens (tertiary/aromatic N) is 4. The molecule has 4 N–H and O–H groups in total. The van der Waals surface area contributed by atoms with Crippen molar-refractivity contribution in [2.45, 2.75) is 89.4 Å². The second-order valence-corrected chi connectivity index (χ2v) is 14.3. The summed E-state index contributed by atoms with van der Waals surface area (Å²) >= 11 is 8.13. The predicted octanol–water partition coefficient (Wildman–Crippen LogP) is 5.16. The monoisotopic (exact) mass is 655 g/mol. The van der Waals surface area contributed by atoms with Crippen LogP contribution >= 0.6 is 22.9 Å². The number of amides is 5.